The summed E-state index contributed by atoms with van der Waals surface area (Å²) >= 11 is 3.39. The van der Waals surface area contributed by atoms with Gasteiger partial charge in [-0.05, 0) is 35.9 Å². The van der Waals surface area contributed by atoms with E-state index in [0.29, 0.717) is 22.4 Å². The Kier molecular flexibility index (Phi) is 6.37. The van der Waals surface area contributed by atoms with E-state index in [1.54, 1.807) is 48.5 Å². The molecule has 144 valence electrons. The van der Waals surface area contributed by atoms with Crippen molar-refractivity contribution in [2.75, 3.05) is 0 Å². The van der Waals surface area contributed by atoms with Crippen molar-refractivity contribution in [1.29, 1.82) is 5.26 Å². The predicted octanol–water partition coefficient (Wildman–Crippen LogP) is 6.14. The summed E-state index contributed by atoms with van der Waals surface area (Å²) in [7, 11) is 0. The monoisotopic (exact) mass is 452 g/mol. The van der Waals surface area contributed by atoms with Crippen LogP contribution in [0, 0.1) is 27.3 Å². The first-order valence-electron chi connectivity index (χ1n) is 8.50. The van der Waals surface area contributed by atoms with Gasteiger partial charge in [0, 0.05) is 27.7 Å². The summed E-state index contributed by atoms with van der Waals surface area (Å²) < 4.78 is 20.4. The number of non-ortho nitro benzene ring substituents is 1. The number of nitro benzene ring substituents is 1. The van der Waals surface area contributed by atoms with Gasteiger partial charge in [-0.15, -0.1) is 0 Å². The highest BCUT2D eigenvalue weighted by Crippen LogP contribution is 2.29. The lowest BCUT2D eigenvalue weighted by Crippen LogP contribution is -1.99. The van der Waals surface area contributed by atoms with Crippen molar-refractivity contribution in [2.45, 2.75) is 6.61 Å². The fourth-order valence-corrected chi connectivity index (χ4v) is 3.04. The van der Waals surface area contributed by atoms with Crippen LogP contribution in [0.3, 0.4) is 0 Å². The molecule has 0 saturated heterocycles. The fraction of sp³-hybridized carbons (Fsp3) is 0.0455. The molecular weight excluding hydrogens is 439 g/mol. The number of halogens is 2. The number of nitrogens with zero attached hydrogens (tertiary/aromatic N) is 2. The third-order valence-electron chi connectivity index (χ3n) is 4.10. The van der Waals surface area contributed by atoms with Gasteiger partial charge in [0.05, 0.1) is 16.6 Å². The van der Waals surface area contributed by atoms with E-state index in [-0.39, 0.29) is 23.7 Å². The summed E-state index contributed by atoms with van der Waals surface area (Å²) in [4.78, 5) is 10.5. The van der Waals surface area contributed by atoms with E-state index in [2.05, 4.69) is 22.0 Å². The third-order valence-corrected chi connectivity index (χ3v) is 4.59. The quantitative estimate of drug-likeness (QED) is 0.195. The van der Waals surface area contributed by atoms with Gasteiger partial charge in [0.25, 0.3) is 5.69 Å². The van der Waals surface area contributed by atoms with E-state index in [4.69, 9.17) is 4.74 Å². The van der Waals surface area contributed by atoms with Crippen molar-refractivity contribution in [1.82, 2.24) is 0 Å². The highest BCUT2D eigenvalue weighted by molar-refractivity contribution is 9.10. The Morgan fingerprint density at radius 2 is 1.97 bits per heavy atom. The summed E-state index contributed by atoms with van der Waals surface area (Å²) in [5, 5.41) is 20.6. The average Bonchev–Trinajstić information content (AvgIpc) is 2.72. The number of benzene rings is 3. The van der Waals surface area contributed by atoms with Crippen LogP contribution in [0.5, 0.6) is 5.75 Å². The Hall–Kier alpha value is -3.50. The van der Waals surface area contributed by atoms with Crippen LogP contribution >= 0.6 is 15.9 Å². The molecule has 0 fully saturated rings. The molecule has 5 nitrogen and oxygen atoms in total. The summed E-state index contributed by atoms with van der Waals surface area (Å²) in [5.74, 6) is 0.0886. The van der Waals surface area contributed by atoms with Crippen LogP contribution in [0.4, 0.5) is 10.1 Å². The summed E-state index contributed by atoms with van der Waals surface area (Å²) in [5.41, 5.74) is 1.54. The molecule has 0 amide bonds. The van der Waals surface area contributed by atoms with E-state index in [0.717, 1.165) is 4.47 Å². The fourth-order valence-electron chi connectivity index (χ4n) is 2.66. The first-order valence-corrected chi connectivity index (χ1v) is 9.29. The van der Waals surface area contributed by atoms with Crippen LogP contribution in [0.15, 0.2) is 71.2 Å². The molecule has 3 rings (SSSR count). The number of rotatable bonds is 6. The first-order chi connectivity index (χ1) is 14.0. The van der Waals surface area contributed by atoms with E-state index < -0.39 is 4.92 Å². The normalized spacial score (nSPS) is 11.0. The minimum Gasteiger partial charge on any atom is -0.488 e. The molecule has 0 aliphatic rings. The maximum atomic E-state index is 13.8. The van der Waals surface area contributed by atoms with E-state index in [9.17, 15) is 19.8 Å². The zero-order valence-electron chi connectivity index (χ0n) is 15.0. The molecule has 0 atom stereocenters. The zero-order valence-corrected chi connectivity index (χ0v) is 16.6. The van der Waals surface area contributed by atoms with Crippen LogP contribution < -0.4 is 4.74 Å². The van der Waals surface area contributed by atoms with Crippen LogP contribution in [0.1, 0.15) is 16.7 Å². The molecule has 0 heterocycles. The summed E-state index contributed by atoms with van der Waals surface area (Å²) in [6.07, 6.45) is 1.58. The number of allylic oxidation sites excluding steroid dienone is 1. The second-order valence-electron chi connectivity index (χ2n) is 6.04. The molecule has 0 saturated carbocycles. The van der Waals surface area contributed by atoms with E-state index in [1.165, 1.54) is 24.3 Å². The largest absolute Gasteiger partial charge is 0.488 e. The van der Waals surface area contributed by atoms with Crippen molar-refractivity contribution >= 4 is 33.3 Å². The van der Waals surface area contributed by atoms with E-state index >= 15 is 0 Å². The molecule has 0 radical (unpaired) electrons. The lowest BCUT2D eigenvalue weighted by Gasteiger charge is -2.11. The summed E-state index contributed by atoms with van der Waals surface area (Å²) in [6, 6.07) is 19.5. The SMILES string of the molecule is N#C/C(=C/c1cc(Br)ccc1OCc1ccccc1F)c1cccc([N+](=O)[O-])c1. The van der Waals surface area contributed by atoms with Gasteiger partial charge in [-0.25, -0.2) is 4.39 Å². The topological polar surface area (TPSA) is 76.2 Å². The Balaban J connectivity index is 1.96. The summed E-state index contributed by atoms with van der Waals surface area (Å²) in [6.45, 7) is 0.0217. The van der Waals surface area contributed by atoms with Crippen molar-refractivity contribution in [3.05, 3.63) is 104 Å². The molecule has 0 unspecified atom stereocenters. The van der Waals surface area contributed by atoms with Crippen LogP contribution in [-0.2, 0) is 6.61 Å². The average molecular weight is 453 g/mol. The van der Waals surface area contributed by atoms with Gasteiger partial charge in [-0.1, -0.05) is 46.3 Å². The lowest BCUT2D eigenvalue weighted by molar-refractivity contribution is -0.384. The second-order valence-corrected chi connectivity index (χ2v) is 6.96. The molecule has 3 aromatic carbocycles. The zero-order chi connectivity index (χ0) is 20.8. The molecule has 7 heteroatoms. The van der Waals surface area contributed by atoms with Gasteiger partial charge in [0.2, 0.25) is 0 Å². The lowest BCUT2D eigenvalue weighted by atomic mass is 10.0. The van der Waals surface area contributed by atoms with Gasteiger partial charge in [-0.3, -0.25) is 10.1 Å². The van der Waals surface area contributed by atoms with Gasteiger partial charge in [0.15, 0.2) is 0 Å². The number of nitriles is 1. The minimum absolute atomic E-state index is 0.0217. The molecule has 0 N–H and O–H groups in total. The van der Waals surface area contributed by atoms with Gasteiger partial charge < -0.3 is 4.74 Å². The van der Waals surface area contributed by atoms with Gasteiger partial charge in [-0.2, -0.15) is 5.26 Å². The van der Waals surface area contributed by atoms with Crippen molar-refractivity contribution in [3.63, 3.8) is 0 Å². The molecule has 3 aromatic rings. The number of nitro groups is 1. The van der Waals surface area contributed by atoms with Crippen LogP contribution in [0.25, 0.3) is 11.6 Å². The molecule has 29 heavy (non-hydrogen) atoms. The van der Waals surface area contributed by atoms with Crippen molar-refractivity contribution in [2.24, 2.45) is 0 Å². The molecule has 0 aliphatic carbocycles. The van der Waals surface area contributed by atoms with Crippen LogP contribution in [0.2, 0.25) is 0 Å². The Morgan fingerprint density at radius 3 is 2.69 bits per heavy atom. The Labute approximate surface area is 175 Å². The minimum atomic E-state index is -0.513. The molecule has 0 bridgehead atoms. The second kappa shape index (κ2) is 9.13. The van der Waals surface area contributed by atoms with E-state index in [1.807, 2.05) is 0 Å². The Bertz CT molecular complexity index is 1140. The molecular formula is C22H14BrFN2O3. The van der Waals surface area contributed by atoms with Crippen LogP contribution in [-0.4, -0.2) is 4.92 Å². The smallest absolute Gasteiger partial charge is 0.270 e. The Morgan fingerprint density at radius 1 is 1.17 bits per heavy atom. The standard InChI is InChI=1S/C22H14BrFN2O3/c23-19-8-9-22(29-14-16-4-1-2-7-21(16)24)17(11-19)10-18(13-25)15-5-3-6-20(12-15)26(27)28/h1-12H,14H2/b18-10-. The number of hydrogen-bond acceptors (Lipinski definition) is 4. The molecule has 0 aliphatic heterocycles. The predicted molar refractivity (Wildman–Crippen MR) is 111 cm³/mol. The third kappa shape index (κ3) is 5.06. The number of hydrogen-bond donors (Lipinski definition) is 0. The van der Waals surface area contributed by atoms with Crippen molar-refractivity contribution in [3.8, 4) is 11.8 Å². The van der Waals surface area contributed by atoms with Gasteiger partial charge in [0.1, 0.15) is 18.2 Å². The van der Waals surface area contributed by atoms with Gasteiger partial charge >= 0.3 is 0 Å². The first kappa shape index (κ1) is 20.2. The number of ether oxygens (including phenoxy) is 1. The molecule has 0 spiro atoms. The maximum Gasteiger partial charge on any atom is 0.270 e. The van der Waals surface area contributed by atoms with Crippen molar-refractivity contribution < 1.29 is 14.1 Å². The maximum absolute atomic E-state index is 13.8. The highest BCUT2D eigenvalue weighted by Gasteiger charge is 2.11. The highest BCUT2D eigenvalue weighted by atomic mass is 79.9. The molecule has 0 aromatic heterocycles.